The Morgan fingerprint density at radius 3 is 2.30 bits per heavy atom. The summed E-state index contributed by atoms with van der Waals surface area (Å²) in [6, 6.07) is 5.70. The van der Waals surface area contributed by atoms with Gasteiger partial charge in [0.05, 0.1) is 6.10 Å². The number of aromatic carboxylic acids is 1. The van der Waals surface area contributed by atoms with Crippen LogP contribution in [0.15, 0.2) is 36.4 Å². The fraction of sp³-hybridized carbons (Fsp3) is 0.214. The number of carboxylic acid groups (broad SMARTS) is 1. The monoisotopic (exact) mass is 278 g/mol. The highest BCUT2D eigenvalue weighted by Gasteiger charge is 2.12. The highest BCUT2D eigenvalue weighted by molar-refractivity contribution is 5.95. The van der Waals surface area contributed by atoms with Crippen molar-refractivity contribution in [2.24, 2.45) is 0 Å². The van der Waals surface area contributed by atoms with Crippen molar-refractivity contribution in [2.45, 2.75) is 20.0 Å². The maximum absolute atomic E-state index is 11.5. The van der Waals surface area contributed by atoms with Gasteiger partial charge in [0.1, 0.15) is 11.3 Å². The molecule has 6 nitrogen and oxygen atoms in total. The average Bonchev–Trinajstić information content (AvgIpc) is 2.36. The van der Waals surface area contributed by atoms with Crippen LogP contribution in [0.2, 0.25) is 0 Å². The molecule has 0 heterocycles. The summed E-state index contributed by atoms with van der Waals surface area (Å²) in [6.07, 6.45) is 1.51. The second-order valence-corrected chi connectivity index (χ2v) is 4.04. The molecular weight excluding hydrogens is 264 g/mol. The lowest BCUT2D eigenvalue weighted by atomic mass is 10.2. The van der Waals surface area contributed by atoms with Gasteiger partial charge >= 0.3 is 17.9 Å². The van der Waals surface area contributed by atoms with Crippen molar-refractivity contribution in [1.82, 2.24) is 0 Å². The fourth-order valence-electron chi connectivity index (χ4n) is 1.28. The molecule has 0 atom stereocenters. The Morgan fingerprint density at radius 1 is 1.10 bits per heavy atom. The Morgan fingerprint density at radius 2 is 1.70 bits per heavy atom. The van der Waals surface area contributed by atoms with Gasteiger partial charge in [-0.2, -0.15) is 0 Å². The molecular formula is C14H14O6. The second-order valence-electron chi connectivity index (χ2n) is 4.04. The molecule has 0 aliphatic rings. The first-order valence-electron chi connectivity index (χ1n) is 5.83. The van der Waals surface area contributed by atoms with Crippen molar-refractivity contribution < 1.29 is 29.0 Å². The molecule has 1 N–H and O–H groups in total. The average molecular weight is 278 g/mol. The molecule has 0 radical (unpaired) electrons. The van der Waals surface area contributed by atoms with E-state index in [9.17, 15) is 14.4 Å². The number of carbonyl (C=O) groups is 3. The van der Waals surface area contributed by atoms with Crippen LogP contribution in [0, 0.1) is 0 Å². The SMILES string of the molecule is CC(C)OC(=O)/C=C/C(=O)Oc1ccccc1C(=O)O. The van der Waals surface area contributed by atoms with Gasteiger partial charge in [0.15, 0.2) is 0 Å². The van der Waals surface area contributed by atoms with Gasteiger partial charge in [0.2, 0.25) is 0 Å². The molecule has 0 aromatic heterocycles. The zero-order valence-corrected chi connectivity index (χ0v) is 11.0. The van der Waals surface area contributed by atoms with E-state index >= 15 is 0 Å². The maximum atomic E-state index is 11.5. The molecule has 1 rings (SSSR count). The van der Waals surface area contributed by atoms with E-state index in [0.29, 0.717) is 0 Å². The molecule has 0 amide bonds. The second kappa shape index (κ2) is 7.08. The van der Waals surface area contributed by atoms with Gasteiger partial charge in [-0.1, -0.05) is 12.1 Å². The molecule has 0 saturated carbocycles. The highest BCUT2D eigenvalue weighted by Crippen LogP contribution is 2.17. The Labute approximate surface area is 115 Å². The van der Waals surface area contributed by atoms with Crippen LogP contribution < -0.4 is 4.74 Å². The zero-order chi connectivity index (χ0) is 15.1. The fourth-order valence-corrected chi connectivity index (χ4v) is 1.28. The summed E-state index contributed by atoms with van der Waals surface area (Å²) >= 11 is 0. The molecule has 0 unspecified atom stereocenters. The third kappa shape index (κ3) is 4.93. The van der Waals surface area contributed by atoms with Crippen molar-refractivity contribution in [3.8, 4) is 5.75 Å². The van der Waals surface area contributed by atoms with E-state index in [1.165, 1.54) is 24.3 Å². The van der Waals surface area contributed by atoms with Crippen LogP contribution in [-0.4, -0.2) is 29.1 Å². The summed E-state index contributed by atoms with van der Waals surface area (Å²) in [6.45, 7) is 3.35. The molecule has 0 spiro atoms. The highest BCUT2D eigenvalue weighted by atomic mass is 16.5. The number of hydrogen-bond acceptors (Lipinski definition) is 5. The van der Waals surface area contributed by atoms with Crippen LogP contribution >= 0.6 is 0 Å². The minimum atomic E-state index is -1.21. The number of hydrogen-bond donors (Lipinski definition) is 1. The van der Waals surface area contributed by atoms with Gasteiger partial charge in [-0.05, 0) is 26.0 Å². The number of carbonyl (C=O) groups excluding carboxylic acids is 2. The van der Waals surface area contributed by atoms with Crippen LogP contribution in [0.25, 0.3) is 0 Å². The Balaban J connectivity index is 2.70. The van der Waals surface area contributed by atoms with Crippen molar-refractivity contribution in [1.29, 1.82) is 0 Å². The molecule has 0 aliphatic carbocycles. The van der Waals surface area contributed by atoms with Crippen LogP contribution in [0.3, 0.4) is 0 Å². The summed E-state index contributed by atoms with van der Waals surface area (Å²) in [4.78, 5) is 33.5. The summed E-state index contributed by atoms with van der Waals surface area (Å²) in [7, 11) is 0. The summed E-state index contributed by atoms with van der Waals surface area (Å²) in [5, 5.41) is 8.91. The Hall–Kier alpha value is -2.63. The van der Waals surface area contributed by atoms with Gasteiger partial charge in [0, 0.05) is 12.2 Å². The molecule has 20 heavy (non-hydrogen) atoms. The lowest BCUT2D eigenvalue weighted by molar-refractivity contribution is -0.141. The predicted octanol–water partition coefficient (Wildman–Crippen LogP) is 1.80. The third-order valence-electron chi connectivity index (χ3n) is 2.04. The molecule has 1 aromatic rings. The molecule has 0 bridgehead atoms. The molecule has 0 fully saturated rings. The number of ether oxygens (including phenoxy) is 2. The largest absolute Gasteiger partial charge is 0.478 e. The van der Waals surface area contributed by atoms with Gasteiger partial charge in [-0.15, -0.1) is 0 Å². The van der Waals surface area contributed by atoms with E-state index in [2.05, 4.69) is 0 Å². The van der Waals surface area contributed by atoms with Gasteiger partial charge in [-0.25, -0.2) is 14.4 Å². The summed E-state index contributed by atoms with van der Waals surface area (Å²) in [5.74, 6) is -2.84. The van der Waals surface area contributed by atoms with E-state index in [-0.39, 0.29) is 17.4 Å². The zero-order valence-electron chi connectivity index (χ0n) is 11.0. The molecule has 0 aliphatic heterocycles. The van der Waals surface area contributed by atoms with Gasteiger partial charge in [0.25, 0.3) is 0 Å². The normalized spacial score (nSPS) is 10.6. The Bertz CT molecular complexity index is 544. The molecule has 6 heteroatoms. The van der Waals surface area contributed by atoms with Crippen LogP contribution in [0.1, 0.15) is 24.2 Å². The first-order valence-corrected chi connectivity index (χ1v) is 5.83. The van der Waals surface area contributed by atoms with Gasteiger partial charge < -0.3 is 14.6 Å². The Kier molecular flexibility index (Phi) is 5.46. The van der Waals surface area contributed by atoms with Crippen molar-refractivity contribution in [3.05, 3.63) is 42.0 Å². The van der Waals surface area contributed by atoms with Crippen molar-refractivity contribution >= 4 is 17.9 Å². The smallest absolute Gasteiger partial charge is 0.339 e. The van der Waals surface area contributed by atoms with Crippen LogP contribution in [0.4, 0.5) is 0 Å². The summed E-state index contributed by atoms with van der Waals surface area (Å²) in [5.41, 5.74) is -0.140. The standard InChI is InChI=1S/C14H14O6/c1-9(2)19-12(15)7-8-13(16)20-11-6-4-3-5-10(11)14(17)18/h3-9H,1-2H3,(H,17,18)/b8-7+. The van der Waals surface area contributed by atoms with E-state index in [1.807, 2.05) is 0 Å². The van der Waals surface area contributed by atoms with E-state index < -0.39 is 17.9 Å². The van der Waals surface area contributed by atoms with Crippen LogP contribution in [-0.2, 0) is 14.3 Å². The summed E-state index contributed by atoms with van der Waals surface area (Å²) < 4.78 is 9.63. The topological polar surface area (TPSA) is 89.9 Å². The van der Waals surface area contributed by atoms with Crippen molar-refractivity contribution in [2.75, 3.05) is 0 Å². The van der Waals surface area contributed by atoms with E-state index in [4.69, 9.17) is 14.6 Å². The van der Waals surface area contributed by atoms with E-state index in [0.717, 1.165) is 12.2 Å². The number of rotatable bonds is 5. The predicted molar refractivity (Wildman–Crippen MR) is 69.4 cm³/mol. The molecule has 0 saturated heterocycles. The van der Waals surface area contributed by atoms with E-state index in [1.54, 1.807) is 13.8 Å². The number of esters is 2. The molecule has 1 aromatic carbocycles. The number of para-hydroxylation sites is 1. The quantitative estimate of drug-likeness (QED) is 0.502. The van der Waals surface area contributed by atoms with Gasteiger partial charge in [-0.3, -0.25) is 0 Å². The maximum Gasteiger partial charge on any atom is 0.339 e. The number of benzene rings is 1. The van der Waals surface area contributed by atoms with Crippen molar-refractivity contribution in [3.63, 3.8) is 0 Å². The first-order chi connectivity index (χ1) is 9.40. The third-order valence-corrected chi connectivity index (χ3v) is 2.04. The minimum absolute atomic E-state index is 0.0909. The first kappa shape index (κ1) is 15.4. The minimum Gasteiger partial charge on any atom is -0.478 e. The molecule has 106 valence electrons. The van der Waals surface area contributed by atoms with Crippen LogP contribution in [0.5, 0.6) is 5.75 Å². The number of carboxylic acids is 1. The lowest BCUT2D eigenvalue weighted by Gasteiger charge is -2.05. The lowest BCUT2D eigenvalue weighted by Crippen LogP contribution is -2.11.